The summed E-state index contributed by atoms with van der Waals surface area (Å²) in [4.78, 5) is 23.7. The molecule has 7 atom stereocenters. The van der Waals surface area contributed by atoms with Gasteiger partial charge in [0.05, 0.1) is 13.2 Å². The van der Waals surface area contributed by atoms with Gasteiger partial charge in [0.2, 0.25) is 5.91 Å². The maximum Gasteiger partial charge on any atom is 0.332 e. The highest BCUT2D eigenvalue weighted by Crippen LogP contribution is 2.36. The van der Waals surface area contributed by atoms with Crippen LogP contribution >= 0.6 is 0 Å². The number of carboxylic acid groups (broad SMARTS) is 1. The van der Waals surface area contributed by atoms with Gasteiger partial charge in [-0.3, -0.25) is 4.79 Å². The van der Waals surface area contributed by atoms with Gasteiger partial charge in [-0.2, -0.15) is 0 Å². The molecule has 2 aliphatic rings. The second-order valence-corrected chi connectivity index (χ2v) is 8.32. The molecule has 1 amide bonds. The quantitative estimate of drug-likeness (QED) is 0.604. The standard InChI is InChI=1S/C25H29NO8/c1-15(23(28)29)32-22-20(26-16(2)27)25(30-13-17-9-5-3-6-10-17)33-19-14-31-24(34-21(19)22)18-11-7-4-8-12-18/h3-12,15,19-22,24-25H,13-14H2,1-2H3,(H,26,27)(H,28,29)/t15-,19-,20-,21-,22-,24+,25+/m1/s1. The van der Waals surface area contributed by atoms with Crippen LogP contribution in [-0.2, 0) is 39.9 Å². The fourth-order valence-corrected chi connectivity index (χ4v) is 4.09. The largest absolute Gasteiger partial charge is 0.479 e. The molecule has 2 saturated heterocycles. The molecule has 182 valence electrons. The lowest BCUT2D eigenvalue weighted by molar-refractivity contribution is -0.351. The molecule has 4 rings (SSSR count). The molecule has 2 aliphatic heterocycles. The highest BCUT2D eigenvalue weighted by atomic mass is 16.8. The van der Waals surface area contributed by atoms with Crippen LogP contribution in [0.4, 0.5) is 0 Å². The Labute approximate surface area is 197 Å². The molecule has 34 heavy (non-hydrogen) atoms. The van der Waals surface area contributed by atoms with Crippen molar-refractivity contribution in [2.45, 2.75) is 63.5 Å². The van der Waals surface area contributed by atoms with Crippen LogP contribution in [0.1, 0.15) is 31.3 Å². The van der Waals surface area contributed by atoms with Crippen molar-refractivity contribution >= 4 is 11.9 Å². The van der Waals surface area contributed by atoms with Crippen LogP contribution < -0.4 is 5.32 Å². The van der Waals surface area contributed by atoms with E-state index >= 15 is 0 Å². The molecule has 0 aromatic heterocycles. The number of hydrogen-bond acceptors (Lipinski definition) is 7. The van der Waals surface area contributed by atoms with Crippen LogP contribution in [-0.4, -0.2) is 60.3 Å². The van der Waals surface area contributed by atoms with Gasteiger partial charge >= 0.3 is 5.97 Å². The van der Waals surface area contributed by atoms with E-state index in [4.69, 9.17) is 23.7 Å². The first-order valence-electron chi connectivity index (χ1n) is 11.2. The van der Waals surface area contributed by atoms with Crippen molar-refractivity contribution in [1.82, 2.24) is 5.32 Å². The van der Waals surface area contributed by atoms with Gasteiger partial charge in [0.1, 0.15) is 24.4 Å². The highest BCUT2D eigenvalue weighted by molar-refractivity contribution is 5.73. The van der Waals surface area contributed by atoms with Gasteiger partial charge in [0.15, 0.2) is 18.7 Å². The van der Waals surface area contributed by atoms with Crippen LogP contribution in [0.5, 0.6) is 0 Å². The lowest BCUT2D eigenvalue weighted by Crippen LogP contribution is -2.67. The van der Waals surface area contributed by atoms with Gasteiger partial charge in [-0.15, -0.1) is 0 Å². The van der Waals surface area contributed by atoms with Gasteiger partial charge < -0.3 is 34.1 Å². The zero-order chi connectivity index (χ0) is 24.1. The minimum atomic E-state index is -1.14. The number of carboxylic acids is 1. The molecule has 2 N–H and O–H groups in total. The van der Waals surface area contributed by atoms with Gasteiger partial charge in [0, 0.05) is 12.5 Å². The topological polar surface area (TPSA) is 113 Å². The number of ether oxygens (including phenoxy) is 5. The molecule has 2 aromatic carbocycles. The van der Waals surface area contributed by atoms with Crippen molar-refractivity contribution in [3.05, 3.63) is 71.8 Å². The van der Waals surface area contributed by atoms with Gasteiger partial charge in [-0.1, -0.05) is 60.7 Å². The summed E-state index contributed by atoms with van der Waals surface area (Å²) in [5.41, 5.74) is 1.73. The number of amides is 1. The monoisotopic (exact) mass is 471 g/mol. The van der Waals surface area contributed by atoms with E-state index in [2.05, 4.69) is 5.32 Å². The first-order chi connectivity index (χ1) is 16.4. The van der Waals surface area contributed by atoms with Crippen molar-refractivity contribution < 1.29 is 38.4 Å². The number of aliphatic carboxylic acids is 1. The van der Waals surface area contributed by atoms with E-state index in [1.807, 2.05) is 60.7 Å². The molecular weight excluding hydrogens is 442 g/mol. The molecule has 2 fully saturated rings. The average molecular weight is 472 g/mol. The van der Waals surface area contributed by atoms with Gasteiger partial charge in [-0.05, 0) is 12.5 Å². The summed E-state index contributed by atoms with van der Waals surface area (Å²) < 4.78 is 30.3. The Morgan fingerprint density at radius 2 is 1.76 bits per heavy atom. The number of nitrogens with one attached hydrogen (secondary N) is 1. The Morgan fingerprint density at radius 1 is 1.09 bits per heavy atom. The average Bonchev–Trinajstić information content (AvgIpc) is 2.84. The van der Waals surface area contributed by atoms with E-state index in [0.29, 0.717) is 0 Å². The first kappa shape index (κ1) is 24.3. The molecule has 0 aliphatic carbocycles. The summed E-state index contributed by atoms with van der Waals surface area (Å²) in [6, 6.07) is 18.1. The maximum absolute atomic E-state index is 12.1. The summed E-state index contributed by atoms with van der Waals surface area (Å²) in [5.74, 6) is -1.46. The van der Waals surface area contributed by atoms with Crippen molar-refractivity contribution in [2.24, 2.45) is 0 Å². The Bertz CT molecular complexity index is 956. The number of rotatable bonds is 8. The summed E-state index contributed by atoms with van der Waals surface area (Å²) in [6.45, 7) is 3.22. The number of carbonyl (C=O) groups is 2. The molecule has 0 unspecified atom stereocenters. The Hall–Kier alpha value is -2.82. The predicted molar refractivity (Wildman–Crippen MR) is 119 cm³/mol. The van der Waals surface area contributed by atoms with E-state index in [0.717, 1.165) is 11.1 Å². The summed E-state index contributed by atoms with van der Waals surface area (Å²) >= 11 is 0. The summed E-state index contributed by atoms with van der Waals surface area (Å²) in [7, 11) is 0. The normalized spacial score (nSPS) is 29.6. The molecular formula is C25H29NO8. The third-order valence-corrected chi connectivity index (χ3v) is 5.75. The van der Waals surface area contributed by atoms with E-state index in [-0.39, 0.29) is 19.1 Å². The van der Waals surface area contributed by atoms with E-state index in [1.165, 1.54) is 13.8 Å². The van der Waals surface area contributed by atoms with Crippen LogP contribution in [0.2, 0.25) is 0 Å². The molecule has 9 heteroatoms. The van der Waals surface area contributed by atoms with Crippen molar-refractivity contribution in [2.75, 3.05) is 6.61 Å². The third-order valence-electron chi connectivity index (χ3n) is 5.75. The van der Waals surface area contributed by atoms with Crippen molar-refractivity contribution in [3.8, 4) is 0 Å². The molecule has 0 spiro atoms. The second-order valence-electron chi connectivity index (χ2n) is 8.32. The van der Waals surface area contributed by atoms with Crippen LogP contribution in [0.3, 0.4) is 0 Å². The first-order valence-corrected chi connectivity index (χ1v) is 11.2. The van der Waals surface area contributed by atoms with Crippen LogP contribution in [0.15, 0.2) is 60.7 Å². The fourth-order valence-electron chi connectivity index (χ4n) is 4.09. The smallest absolute Gasteiger partial charge is 0.332 e. The lowest BCUT2D eigenvalue weighted by atomic mass is 9.95. The third kappa shape index (κ3) is 5.81. The number of carbonyl (C=O) groups excluding carboxylic acids is 1. The maximum atomic E-state index is 12.1. The minimum Gasteiger partial charge on any atom is -0.479 e. The van der Waals surface area contributed by atoms with E-state index < -0.39 is 49.0 Å². The molecule has 0 bridgehead atoms. The van der Waals surface area contributed by atoms with E-state index in [9.17, 15) is 14.7 Å². The molecule has 2 heterocycles. The summed E-state index contributed by atoms with van der Waals surface area (Å²) in [6.07, 6.45) is -4.87. The lowest BCUT2D eigenvalue weighted by Gasteiger charge is -2.49. The zero-order valence-electron chi connectivity index (χ0n) is 19.0. The molecule has 0 saturated carbocycles. The van der Waals surface area contributed by atoms with Crippen molar-refractivity contribution in [3.63, 3.8) is 0 Å². The number of fused-ring (bicyclic) bond motifs is 1. The second kappa shape index (κ2) is 11.1. The fraction of sp³-hybridized carbons (Fsp3) is 0.440. The molecule has 0 radical (unpaired) electrons. The number of hydrogen-bond donors (Lipinski definition) is 2. The highest BCUT2D eigenvalue weighted by Gasteiger charge is 2.52. The Kier molecular flexibility index (Phi) is 7.91. The van der Waals surface area contributed by atoms with Crippen molar-refractivity contribution in [1.29, 1.82) is 0 Å². The van der Waals surface area contributed by atoms with Crippen LogP contribution in [0.25, 0.3) is 0 Å². The Balaban J connectivity index is 1.59. The van der Waals surface area contributed by atoms with E-state index in [1.54, 1.807) is 0 Å². The minimum absolute atomic E-state index is 0.184. The SMILES string of the molecule is CC(=O)N[C@H]1[C@@H](OCc2ccccc2)O[C@@H]2CO[C@H](c3ccccc3)O[C@H]2[C@@H]1O[C@H](C)C(=O)O. The predicted octanol–water partition coefficient (Wildman–Crippen LogP) is 2.41. The van der Waals surface area contributed by atoms with Gasteiger partial charge in [-0.25, -0.2) is 4.79 Å². The Morgan fingerprint density at radius 3 is 2.41 bits per heavy atom. The van der Waals surface area contributed by atoms with Gasteiger partial charge in [0.25, 0.3) is 0 Å². The molecule has 2 aromatic rings. The zero-order valence-corrected chi connectivity index (χ0v) is 19.0. The summed E-state index contributed by atoms with van der Waals surface area (Å²) in [5, 5.41) is 12.3. The van der Waals surface area contributed by atoms with Crippen LogP contribution in [0, 0.1) is 0 Å². The molecule has 9 nitrogen and oxygen atoms in total. The number of benzene rings is 2.